The molecule has 11 nitrogen and oxygen atoms in total. The molecule has 0 aliphatic rings. The number of nitro groups is 1. The lowest BCUT2D eigenvalue weighted by molar-refractivity contribution is -0.384. The number of nitrogens with one attached hydrogen (secondary N) is 1. The number of ether oxygens (including phenoxy) is 3. The summed E-state index contributed by atoms with van der Waals surface area (Å²) in [5.41, 5.74) is -1.13. The van der Waals surface area contributed by atoms with Crippen LogP contribution in [-0.2, 0) is 9.53 Å². The van der Waals surface area contributed by atoms with Crippen molar-refractivity contribution < 1.29 is 33.1 Å². The highest BCUT2D eigenvalue weighted by atomic mass is 16.6. The van der Waals surface area contributed by atoms with Crippen LogP contribution >= 0.6 is 0 Å². The van der Waals surface area contributed by atoms with Crippen LogP contribution in [0.3, 0.4) is 0 Å². The van der Waals surface area contributed by atoms with E-state index in [0.717, 1.165) is 12.1 Å². The van der Waals surface area contributed by atoms with Crippen molar-refractivity contribution in [3.8, 4) is 11.5 Å². The quantitative estimate of drug-likeness (QED) is 0.215. The Kier molecular flexibility index (Phi) is 7.46. The van der Waals surface area contributed by atoms with Gasteiger partial charge in [-0.15, -0.1) is 0 Å². The topological polar surface area (TPSA) is 147 Å². The van der Waals surface area contributed by atoms with Gasteiger partial charge in [-0.05, 0) is 30.7 Å². The number of rotatable bonds is 9. The van der Waals surface area contributed by atoms with Crippen molar-refractivity contribution >= 4 is 28.5 Å². The van der Waals surface area contributed by atoms with E-state index in [0.29, 0.717) is 11.3 Å². The van der Waals surface area contributed by atoms with Crippen LogP contribution in [0.25, 0.3) is 11.0 Å². The number of nitro benzene ring substituents is 1. The fourth-order valence-electron chi connectivity index (χ4n) is 3.31. The van der Waals surface area contributed by atoms with E-state index < -0.39 is 34.0 Å². The molecular weight excluding hydrogens is 448 g/mol. The molecule has 1 N–H and O–H groups in total. The summed E-state index contributed by atoms with van der Waals surface area (Å²) >= 11 is 0. The molecule has 1 aromatic heterocycles. The second-order valence-corrected chi connectivity index (χ2v) is 7.08. The zero-order valence-corrected chi connectivity index (χ0v) is 18.7. The molecule has 0 saturated carbocycles. The molecular formula is C23H22N2O9. The van der Waals surface area contributed by atoms with E-state index in [2.05, 4.69) is 5.32 Å². The molecule has 34 heavy (non-hydrogen) atoms. The highest BCUT2D eigenvalue weighted by Crippen LogP contribution is 2.31. The highest BCUT2D eigenvalue weighted by molar-refractivity contribution is 5.98. The first-order valence-electron chi connectivity index (χ1n) is 10.2. The molecule has 0 spiro atoms. The number of fused-ring (bicyclic) bond motifs is 1. The molecule has 0 fully saturated rings. The van der Waals surface area contributed by atoms with Crippen LogP contribution in [0.15, 0.2) is 51.7 Å². The SMILES string of the molecule is CCOC(=O)CC(NC(=O)c1cc2cc([N+](=O)[O-])cc(OC)c2oc1=O)c1ccc(OC)cc1. The molecule has 178 valence electrons. The van der Waals surface area contributed by atoms with Gasteiger partial charge in [0, 0.05) is 11.5 Å². The third-order valence-electron chi connectivity index (χ3n) is 4.96. The maximum Gasteiger partial charge on any atom is 0.349 e. The van der Waals surface area contributed by atoms with Crippen molar-refractivity contribution in [1.82, 2.24) is 5.32 Å². The first-order valence-corrected chi connectivity index (χ1v) is 10.2. The van der Waals surface area contributed by atoms with Gasteiger partial charge in [0.25, 0.3) is 11.6 Å². The summed E-state index contributed by atoms with van der Waals surface area (Å²) in [7, 11) is 2.78. The van der Waals surface area contributed by atoms with E-state index in [-0.39, 0.29) is 35.4 Å². The minimum atomic E-state index is -0.971. The van der Waals surface area contributed by atoms with Crippen LogP contribution in [-0.4, -0.2) is 37.6 Å². The molecule has 0 aliphatic carbocycles. The summed E-state index contributed by atoms with van der Waals surface area (Å²) in [5, 5.41) is 14.0. The lowest BCUT2D eigenvalue weighted by Crippen LogP contribution is -2.33. The van der Waals surface area contributed by atoms with E-state index in [1.807, 2.05) is 0 Å². The first kappa shape index (κ1) is 24.2. The highest BCUT2D eigenvalue weighted by Gasteiger charge is 2.24. The Balaban J connectivity index is 1.99. The van der Waals surface area contributed by atoms with Gasteiger partial charge in [-0.25, -0.2) is 4.79 Å². The van der Waals surface area contributed by atoms with Crippen molar-refractivity contribution in [1.29, 1.82) is 0 Å². The van der Waals surface area contributed by atoms with E-state index in [1.165, 1.54) is 20.3 Å². The van der Waals surface area contributed by atoms with Crippen LogP contribution in [0, 0.1) is 10.1 Å². The van der Waals surface area contributed by atoms with Gasteiger partial charge in [0.1, 0.15) is 11.3 Å². The van der Waals surface area contributed by atoms with Gasteiger partial charge in [0.05, 0.1) is 44.3 Å². The molecule has 11 heteroatoms. The molecule has 0 saturated heterocycles. The molecule has 0 bridgehead atoms. The van der Waals surface area contributed by atoms with Gasteiger partial charge in [-0.2, -0.15) is 0 Å². The third kappa shape index (κ3) is 5.31. The summed E-state index contributed by atoms with van der Waals surface area (Å²) in [6, 6.07) is 9.29. The Morgan fingerprint density at radius 3 is 2.41 bits per heavy atom. The van der Waals surface area contributed by atoms with Crippen LogP contribution in [0.4, 0.5) is 5.69 Å². The number of benzene rings is 2. The van der Waals surface area contributed by atoms with Crippen molar-refractivity contribution in [2.24, 2.45) is 0 Å². The number of hydrogen-bond donors (Lipinski definition) is 1. The Morgan fingerprint density at radius 1 is 1.12 bits per heavy atom. The van der Waals surface area contributed by atoms with E-state index in [4.69, 9.17) is 18.6 Å². The Morgan fingerprint density at radius 2 is 1.82 bits per heavy atom. The van der Waals surface area contributed by atoms with E-state index in [1.54, 1.807) is 31.2 Å². The Labute approximate surface area is 193 Å². The second-order valence-electron chi connectivity index (χ2n) is 7.08. The van der Waals surface area contributed by atoms with Crippen molar-refractivity contribution in [2.45, 2.75) is 19.4 Å². The number of nitrogens with zero attached hydrogens (tertiary/aromatic N) is 1. The number of amides is 1. The smallest absolute Gasteiger partial charge is 0.349 e. The maximum absolute atomic E-state index is 13.0. The van der Waals surface area contributed by atoms with Crippen molar-refractivity contribution in [3.05, 3.63) is 74.1 Å². The largest absolute Gasteiger partial charge is 0.497 e. The molecule has 2 aromatic carbocycles. The van der Waals surface area contributed by atoms with Crippen LogP contribution in [0.1, 0.15) is 35.3 Å². The number of carbonyl (C=O) groups is 2. The molecule has 1 unspecified atom stereocenters. The number of non-ortho nitro benzene ring substituents is 1. The predicted octanol–water partition coefficient (Wildman–Crippen LogP) is 3.14. The van der Waals surface area contributed by atoms with Gasteiger partial charge in [0.15, 0.2) is 11.3 Å². The minimum absolute atomic E-state index is 0.0216. The van der Waals surface area contributed by atoms with Crippen LogP contribution in [0.5, 0.6) is 11.5 Å². The lowest BCUT2D eigenvalue weighted by Gasteiger charge is -2.19. The molecule has 1 atom stereocenters. The lowest BCUT2D eigenvalue weighted by atomic mass is 10.0. The molecule has 1 heterocycles. The summed E-state index contributed by atoms with van der Waals surface area (Å²) in [4.78, 5) is 48.3. The van der Waals surface area contributed by atoms with E-state index >= 15 is 0 Å². The van der Waals surface area contributed by atoms with Crippen molar-refractivity contribution in [2.75, 3.05) is 20.8 Å². The number of methoxy groups -OCH3 is 2. The fourth-order valence-corrected chi connectivity index (χ4v) is 3.31. The normalized spacial score (nSPS) is 11.5. The Hall–Kier alpha value is -4.41. The molecule has 0 radical (unpaired) electrons. The fraction of sp³-hybridized carbons (Fsp3) is 0.261. The number of carbonyl (C=O) groups excluding carboxylic acids is 2. The zero-order valence-electron chi connectivity index (χ0n) is 18.7. The maximum atomic E-state index is 13.0. The Bertz CT molecular complexity index is 1280. The summed E-state index contributed by atoms with van der Waals surface area (Å²) in [6.07, 6.45) is -0.190. The first-order chi connectivity index (χ1) is 16.3. The monoisotopic (exact) mass is 470 g/mol. The molecule has 1 amide bonds. The van der Waals surface area contributed by atoms with E-state index in [9.17, 15) is 24.5 Å². The zero-order chi connectivity index (χ0) is 24.8. The average molecular weight is 470 g/mol. The van der Waals surface area contributed by atoms with Gasteiger partial charge in [-0.1, -0.05) is 12.1 Å². The van der Waals surface area contributed by atoms with Crippen LogP contribution in [0.2, 0.25) is 0 Å². The standard InChI is InChI=1S/C23H22N2O9/c1-4-33-20(26)12-18(13-5-7-16(31-2)8-6-13)24-22(27)17-10-14-9-15(25(29)30)11-19(32-3)21(14)34-23(17)28/h5-11,18H,4,12H2,1-3H3,(H,24,27). The van der Waals surface area contributed by atoms with Crippen LogP contribution < -0.4 is 20.4 Å². The van der Waals surface area contributed by atoms with Gasteiger partial charge < -0.3 is 23.9 Å². The third-order valence-corrected chi connectivity index (χ3v) is 4.96. The molecule has 3 aromatic rings. The van der Waals surface area contributed by atoms with Gasteiger partial charge in [-0.3, -0.25) is 19.7 Å². The summed E-state index contributed by atoms with van der Waals surface area (Å²) in [5.74, 6) is -0.817. The molecule has 3 rings (SSSR count). The summed E-state index contributed by atoms with van der Waals surface area (Å²) in [6.45, 7) is 1.82. The average Bonchev–Trinajstić information content (AvgIpc) is 2.82. The predicted molar refractivity (Wildman–Crippen MR) is 120 cm³/mol. The minimum Gasteiger partial charge on any atom is -0.497 e. The number of esters is 1. The van der Waals surface area contributed by atoms with Gasteiger partial charge in [0.2, 0.25) is 0 Å². The number of hydrogen-bond acceptors (Lipinski definition) is 9. The van der Waals surface area contributed by atoms with Gasteiger partial charge >= 0.3 is 11.6 Å². The summed E-state index contributed by atoms with van der Waals surface area (Å²) < 4.78 is 20.4. The molecule has 0 aliphatic heterocycles. The second kappa shape index (κ2) is 10.5. The van der Waals surface area contributed by atoms with Crippen molar-refractivity contribution in [3.63, 3.8) is 0 Å².